The summed E-state index contributed by atoms with van der Waals surface area (Å²) in [6.07, 6.45) is 4.18. The smallest absolute Gasteiger partial charge is 0.313 e. The summed E-state index contributed by atoms with van der Waals surface area (Å²) in [6.45, 7) is 3.73. The number of carboxylic acid groups (broad SMARTS) is 1. The first-order chi connectivity index (χ1) is 7.62. The van der Waals surface area contributed by atoms with E-state index in [4.69, 9.17) is 9.90 Å². The number of ether oxygens (including phenoxy) is 1. The van der Waals surface area contributed by atoms with Crippen molar-refractivity contribution in [3.05, 3.63) is 0 Å². The van der Waals surface area contributed by atoms with Crippen molar-refractivity contribution < 1.29 is 24.2 Å². The maximum absolute atomic E-state index is 10.9. The first kappa shape index (κ1) is 17.0. The van der Waals surface area contributed by atoms with Crippen LogP contribution in [0.1, 0.15) is 52.4 Å². The molecule has 0 rings (SSSR count). The molecule has 0 aromatic carbocycles. The van der Waals surface area contributed by atoms with Crippen molar-refractivity contribution in [3.8, 4) is 0 Å². The van der Waals surface area contributed by atoms with E-state index in [0.717, 1.165) is 25.7 Å². The number of esters is 2. The third-order valence-corrected chi connectivity index (χ3v) is 1.70. The van der Waals surface area contributed by atoms with Crippen LogP contribution in [0.15, 0.2) is 0 Å². The maximum Gasteiger partial charge on any atom is 0.313 e. The molecule has 0 saturated carbocycles. The van der Waals surface area contributed by atoms with Crippen LogP contribution < -0.4 is 0 Å². The molecule has 0 aliphatic carbocycles. The van der Waals surface area contributed by atoms with Crippen LogP contribution in [-0.2, 0) is 19.1 Å². The Morgan fingerprint density at radius 3 is 1.62 bits per heavy atom. The number of unbranched alkanes of at least 4 members (excludes halogenated alkanes) is 2. The molecular weight excluding hydrogens is 212 g/mol. The second-order valence-corrected chi connectivity index (χ2v) is 3.16. The van der Waals surface area contributed by atoms with Gasteiger partial charge in [-0.15, -0.1) is 0 Å². The van der Waals surface area contributed by atoms with Crippen molar-refractivity contribution in [2.45, 2.75) is 52.4 Å². The highest BCUT2D eigenvalue weighted by Gasteiger charge is 2.08. The second-order valence-electron chi connectivity index (χ2n) is 3.16. The van der Waals surface area contributed by atoms with E-state index in [2.05, 4.69) is 4.74 Å². The van der Waals surface area contributed by atoms with Gasteiger partial charge in [0.2, 0.25) is 0 Å². The van der Waals surface area contributed by atoms with Gasteiger partial charge in [-0.25, -0.2) is 0 Å². The van der Waals surface area contributed by atoms with Gasteiger partial charge in [0.05, 0.1) is 0 Å². The summed E-state index contributed by atoms with van der Waals surface area (Å²) < 4.78 is 4.58. The van der Waals surface area contributed by atoms with Crippen molar-refractivity contribution in [3.63, 3.8) is 0 Å². The van der Waals surface area contributed by atoms with Gasteiger partial charge in [0.1, 0.15) is 0 Å². The van der Waals surface area contributed by atoms with Crippen LogP contribution in [0.4, 0.5) is 0 Å². The van der Waals surface area contributed by atoms with E-state index in [1.165, 1.54) is 0 Å². The first-order valence-corrected chi connectivity index (χ1v) is 5.43. The summed E-state index contributed by atoms with van der Waals surface area (Å²) in [5.41, 5.74) is 0. The van der Waals surface area contributed by atoms with Gasteiger partial charge in [-0.2, -0.15) is 0 Å². The molecular formula is C11H20O5. The zero-order chi connectivity index (χ0) is 12.8. The van der Waals surface area contributed by atoms with E-state index in [9.17, 15) is 9.59 Å². The third kappa shape index (κ3) is 15.1. The minimum Gasteiger partial charge on any atom is -0.483 e. The van der Waals surface area contributed by atoms with E-state index < -0.39 is 0 Å². The summed E-state index contributed by atoms with van der Waals surface area (Å²) in [5.74, 6) is -0.772. The van der Waals surface area contributed by atoms with Crippen molar-refractivity contribution in [2.24, 2.45) is 0 Å². The van der Waals surface area contributed by atoms with Crippen molar-refractivity contribution in [2.75, 3.05) is 0 Å². The SMILES string of the molecule is CCCCC(=O)OC(=O)CCCC.O=CO. The zero-order valence-corrected chi connectivity index (χ0v) is 9.90. The summed E-state index contributed by atoms with van der Waals surface area (Å²) in [7, 11) is 0. The van der Waals surface area contributed by atoms with Gasteiger partial charge in [-0.1, -0.05) is 26.7 Å². The lowest BCUT2D eigenvalue weighted by atomic mass is 10.2. The Morgan fingerprint density at radius 1 is 1.06 bits per heavy atom. The monoisotopic (exact) mass is 232 g/mol. The van der Waals surface area contributed by atoms with Gasteiger partial charge in [0, 0.05) is 12.8 Å². The fourth-order valence-corrected chi connectivity index (χ4v) is 0.871. The molecule has 5 heteroatoms. The topological polar surface area (TPSA) is 80.7 Å². The molecule has 0 aromatic rings. The molecule has 0 heterocycles. The highest BCUT2D eigenvalue weighted by atomic mass is 16.6. The van der Waals surface area contributed by atoms with Crippen molar-refractivity contribution in [1.82, 2.24) is 0 Å². The lowest BCUT2D eigenvalue weighted by Crippen LogP contribution is -2.11. The first-order valence-electron chi connectivity index (χ1n) is 5.43. The Kier molecular flexibility index (Phi) is 14.5. The van der Waals surface area contributed by atoms with E-state index in [0.29, 0.717) is 12.8 Å². The van der Waals surface area contributed by atoms with Crippen LogP contribution in [0.5, 0.6) is 0 Å². The lowest BCUT2D eigenvalue weighted by Gasteiger charge is -2.00. The molecule has 0 bridgehead atoms. The molecule has 0 radical (unpaired) electrons. The molecule has 1 N–H and O–H groups in total. The molecule has 0 atom stereocenters. The fraction of sp³-hybridized carbons (Fsp3) is 0.727. The van der Waals surface area contributed by atoms with Gasteiger partial charge in [0.25, 0.3) is 6.47 Å². The van der Waals surface area contributed by atoms with Crippen LogP contribution >= 0.6 is 0 Å². The standard InChI is InChI=1S/C10H18O3.CH2O2/c1-3-5-7-9(11)13-10(12)8-6-4-2;2-1-3/h3-8H2,1-2H3;1H,(H,2,3). The highest BCUT2D eigenvalue weighted by Crippen LogP contribution is 2.00. The Labute approximate surface area is 95.8 Å². The number of hydrogen-bond donors (Lipinski definition) is 1. The number of hydrogen-bond acceptors (Lipinski definition) is 4. The molecule has 5 nitrogen and oxygen atoms in total. The van der Waals surface area contributed by atoms with E-state index in [-0.39, 0.29) is 18.4 Å². The molecule has 0 spiro atoms. The lowest BCUT2D eigenvalue weighted by molar-refractivity contribution is -0.159. The van der Waals surface area contributed by atoms with Gasteiger partial charge < -0.3 is 9.84 Å². The minimum atomic E-state index is -0.386. The number of carbonyl (C=O) groups excluding carboxylic acids is 2. The molecule has 0 saturated heterocycles. The minimum absolute atomic E-state index is 0.250. The largest absolute Gasteiger partial charge is 0.483 e. The molecule has 0 fully saturated rings. The molecule has 0 aliphatic heterocycles. The Balaban J connectivity index is 0. The van der Waals surface area contributed by atoms with Crippen molar-refractivity contribution >= 4 is 18.4 Å². The molecule has 0 aromatic heterocycles. The quantitative estimate of drug-likeness (QED) is 0.431. The Bertz CT molecular complexity index is 183. The molecule has 0 amide bonds. The predicted octanol–water partition coefficient (Wildman–Crippen LogP) is 2.14. The Hall–Kier alpha value is -1.39. The summed E-state index contributed by atoms with van der Waals surface area (Å²) in [6, 6.07) is 0. The zero-order valence-electron chi connectivity index (χ0n) is 9.90. The summed E-state index contributed by atoms with van der Waals surface area (Å²) >= 11 is 0. The third-order valence-electron chi connectivity index (χ3n) is 1.70. The number of rotatable bonds is 6. The maximum atomic E-state index is 10.9. The van der Waals surface area contributed by atoms with Gasteiger partial charge in [-0.3, -0.25) is 14.4 Å². The van der Waals surface area contributed by atoms with E-state index in [1.54, 1.807) is 0 Å². The molecule has 16 heavy (non-hydrogen) atoms. The van der Waals surface area contributed by atoms with Crippen LogP contribution in [-0.4, -0.2) is 23.5 Å². The van der Waals surface area contributed by atoms with Gasteiger partial charge in [0.15, 0.2) is 0 Å². The fourth-order valence-electron chi connectivity index (χ4n) is 0.871. The van der Waals surface area contributed by atoms with Crippen LogP contribution in [0, 0.1) is 0 Å². The normalized spacial score (nSPS) is 8.62. The van der Waals surface area contributed by atoms with Crippen molar-refractivity contribution in [1.29, 1.82) is 0 Å². The molecule has 0 unspecified atom stereocenters. The average Bonchev–Trinajstić information content (AvgIpc) is 2.24. The highest BCUT2D eigenvalue weighted by molar-refractivity contribution is 5.85. The van der Waals surface area contributed by atoms with Crippen LogP contribution in [0.2, 0.25) is 0 Å². The average molecular weight is 232 g/mol. The summed E-state index contributed by atoms with van der Waals surface area (Å²) in [4.78, 5) is 30.2. The van der Waals surface area contributed by atoms with Gasteiger partial charge in [-0.05, 0) is 12.8 Å². The molecule has 94 valence electrons. The van der Waals surface area contributed by atoms with Gasteiger partial charge >= 0.3 is 11.9 Å². The second kappa shape index (κ2) is 13.6. The Morgan fingerprint density at radius 2 is 1.38 bits per heavy atom. The van der Waals surface area contributed by atoms with E-state index >= 15 is 0 Å². The van der Waals surface area contributed by atoms with Crippen LogP contribution in [0.3, 0.4) is 0 Å². The van der Waals surface area contributed by atoms with E-state index in [1.807, 2.05) is 13.8 Å². The summed E-state index contributed by atoms with van der Waals surface area (Å²) in [5, 5.41) is 6.89. The number of carbonyl (C=O) groups is 3. The predicted molar refractivity (Wildman–Crippen MR) is 58.8 cm³/mol. The van der Waals surface area contributed by atoms with Crippen LogP contribution in [0.25, 0.3) is 0 Å². The molecule has 0 aliphatic rings.